The molecule has 0 saturated carbocycles. The SMILES string of the molecule is Cc1sc2ncnc(NCCCC(=O)N3CCC(C(N)=O)CC3)c2c1-c1ccccc1. The zero-order valence-corrected chi connectivity index (χ0v) is 18.5. The van der Waals surface area contributed by atoms with Crippen LogP contribution in [0.2, 0.25) is 0 Å². The molecule has 3 N–H and O–H groups in total. The number of carbonyl (C=O) groups is 2. The Hall–Kier alpha value is -3.00. The van der Waals surface area contributed by atoms with Crippen molar-refractivity contribution in [2.24, 2.45) is 11.7 Å². The third-order valence-electron chi connectivity index (χ3n) is 5.84. The summed E-state index contributed by atoms with van der Waals surface area (Å²) < 4.78 is 0. The number of aromatic nitrogens is 2. The van der Waals surface area contributed by atoms with E-state index in [1.165, 1.54) is 4.88 Å². The van der Waals surface area contributed by atoms with Gasteiger partial charge in [0.2, 0.25) is 11.8 Å². The van der Waals surface area contributed by atoms with Crippen LogP contribution in [0.4, 0.5) is 5.82 Å². The minimum absolute atomic E-state index is 0.0984. The molecular formula is C23H27N5O2S. The number of nitrogens with two attached hydrogens (primary N) is 1. The van der Waals surface area contributed by atoms with E-state index in [-0.39, 0.29) is 17.7 Å². The standard InChI is InChI=1S/C23H27N5O2S/c1-15-19(16-6-3-2-4-7-16)20-22(26-14-27-23(20)31-15)25-11-5-8-18(29)28-12-9-17(10-13-28)21(24)30/h2-4,6-7,14,17H,5,8-13H2,1H3,(H2,24,30)(H,25,26,27). The Balaban J connectivity index is 1.38. The molecule has 1 saturated heterocycles. The number of likely N-dealkylation sites (tertiary alicyclic amines) is 1. The average Bonchev–Trinajstić information content (AvgIpc) is 3.13. The van der Waals surface area contributed by atoms with Crippen molar-refractivity contribution in [3.63, 3.8) is 0 Å². The van der Waals surface area contributed by atoms with Gasteiger partial charge in [-0.05, 0) is 31.7 Å². The molecule has 0 bridgehead atoms. The van der Waals surface area contributed by atoms with Crippen molar-refractivity contribution in [2.75, 3.05) is 25.0 Å². The summed E-state index contributed by atoms with van der Waals surface area (Å²) in [5.41, 5.74) is 7.69. The second kappa shape index (κ2) is 9.43. The molecule has 8 heteroatoms. The van der Waals surface area contributed by atoms with Crippen molar-refractivity contribution in [3.05, 3.63) is 41.5 Å². The highest BCUT2D eigenvalue weighted by Gasteiger charge is 2.25. The van der Waals surface area contributed by atoms with Gasteiger partial charge in [0.15, 0.2) is 0 Å². The van der Waals surface area contributed by atoms with Crippen LogP contribution in [0, 0.1) is 12.8 Å². The summed E-state index contributed by atoms with van der Waals surface area (Å²) in [6.45, 7) is 3.99. The molecule has 0 spiro atoms. The molecule has 0 atom stereocenters. The number of piperidine rings is 1. The number of primary amides is 1. The summed E-state index contributed by atoms with van der Waals surface area (Å²) >= 11 is 1.67. The summed E-state index contributed by atoms with van der Waals surface area (Å²) in [7, 11) is 0. The molecule has 1 aliphatic rings. The summed E-state index contributed by atoms with van der Waals surface area (Å²) in [6.07, 6.45) is 4.10. The minimum Gasteiger partial charge on any atom is -0.369 e. The second-order valence-electron chi connectivity index (χ2n) is 7.89. The lowest BCUT2D eigenvalue weighted by Crippen LogP contribution is -2.41. The van der Waals surface area contributed by atoms with Gasteiger partial charge in [-0.15, -0.1) is 11.3 Å². The predicted molar refractivity (Wildman–Crippen MR) is 124 cm³/mol. The van der Waals surface area contributed by atoms with E-state index in [2.05, 4.69) is 34.3 Å². The number of anilines is 1. The maximum atomic E-state index is 12.5. The number of carbonyl (C=O) groups excluding carboxylic acids is 2. The lowest BCUT2D eigenvalue weighted by Gasteiger charge is -2.30. The first-order valence-corrected chi connectivity index (χ1v) is 11.5. The van der Waals surface area contributed by atoms with Crippen molar-refractivity contribution < 1.29 is 9.59 Å². The number of rotatable bonds is 7. The number of amides is 2. The molecule has 4 rings (SSSR count). The molecule has 2 amide bonds. The molecular weight excluding hydrogens is 410 g/mol. The van der Waals surface area contributed by atoms with Crippen LogP contribution in [0.3, 0.4) is 0 Å². The summed E-state index contributed by atoms with van der Waals surface area (Å²) in [4.78, 5) is 36.7. The normalized spacial score (nSPS) is 14.7. The number of aryl methyl sites for hydroxylation is 1. The van der Waals surface area contributed by atoms with E-state index < -0.39 is 0 Å². The van der Waals surface area contributed by atoms with E-state index in [1.807, 2.05) is 23.1 Å². The fraction of sp³-hybridized carbons (Fsp3) is 0.391. The monoisotopic (exact) mass is 437 g/mol. The zero-order valence-electron chi connectivity index (χ0n) is 17.6. The third kappa shape index (κ3) is 4.69. The van der Waals surface area contributed by atoms with Gasteiger partial charge >= 0.3 is 0 Å². The van der Waals surface area contributed by atoms with Crippen molar-refractivity contribution in [3.8, 4) is 11.1 Å². The van der Waals surface area contributed by atoms with Crippen LogP contribution in [0.1, 0.15) is 30.6 Å². The highest BCUT2D eigenvalue weighted by Crippen LogP contribution is 2.40. The van der Waals surface area contributed by atoms with Gasteiger partial charge in [0, 0.05) is 42.4 Å². The number of hydrogen-bond donors (Lipinski definition) is 2. The molecule has 0 unspecified atom stereocenters. The molecule has 162 valence electrons. The van der Waals surface area contributed by atoms with E-state index in [4.69, 9.17) is 5.73 Å². The molecule has 31 heavy (non-hydrogen) atoms. The number of fused-ring (bicyclic) bond motifs is 1. The zero-order chi connectivity index (χ0) is 21.8. The highest BCUT2D eigenvalue weighted by molar-refractivity contribution is 7.19. The van der Waals surface area contributed by atoms with E-state index in [0.29, 0.717) is 45.3 Å². The first-order valence-electron chi connectivity index (χ1n) is 10.6. The van der Waals surface area contributed by atoms with Crippen LogP contribution in [0.5, 0.6) is 0 Å². The quantitative estimate of drug-likeness (QED) is 0.550. The van der Waals surface area contributed by atoms with Crippen molar-refractivity contribution >= 4 is 39.2 Å². The van der Waals surface area contributed by atoms with Gasteiger partial charge < -0.3 is 16.0 Å². The molecule has 2 aromatic heterocycles. The second-order valence-corrected chi connectivity index (χ2v) is 9.09. The highest BCUT2D eigenvalue weighted by atomic mass is 32.1. The molecule has 0 aliphatic carbocycles. The van der Waals surface area contributed by atoms with Gasteiger partial charge in [0.25, 0.3) is 0 Å². The summed E-state index contributed by atoms with van der Waals surface area (Å²) in [6, 6.07) is 10.3. The number of nitrogens with one attached hydrogen (secondary N) is 1. The van der Waals surface area contributed by atoms with Gasteiger partial charge in [-0.25, -0.2) is 9.97 Å². The van der Waals surface area contributed by atoms with Crippen molar-refractivity contribution in [1.29, 1.82) is 0 Å². The Morgan fingerprint density at radius 2 is 1.94 bits per heavy atom. The maximum Gasteiger partial charge on any atom is 0.222 e. The molecule has 3 aromatic rings. The summed E-state index contributed by atoms with van der Waals surface area (Å²) in [5, 5.41) is 4.45. The number of benzene rings is 1. The van der Waals surface area contributed by atoms with Crippen LogP contribution in [0.25, 0.3) is 21.3 Å². The van der Waals surface area contributed by atoms with Crippen LogP contribution in [-0.2, 0) is 9.59 Å². The Morgan fingerprint density at radius 1 is 1.19 bits per heavy atom. The lowest BCUT2D eigenvalue weighted by molar-refractivity contribution is -0.134. The Bertz CT molecular complexity index is 1070. The first-order chi connectivity index (χ1) is 15.0. The van der Waals surface area contributed by atoms with Crippen LogP contribution in [-0.4, -0.2) is 46.3 Å². The number of thiophene rings is 1. The molecule has 1 aromatic carbocycles. The van der Waals surface area contributed by atoms with Crippen molar-refractivity contribution in [1.82, 2.24) is 14.9 Å². The van der Waals surface area contributed by atoms with E-state index in [0.717, 1.165) is 27.2 Å². The summed E-state index contributed by atoms with van der Waals surface area (Å²) in [5.74, 6) is 0.585. The van der Waals surface area contributed by atoms with Gasteiger partial charge in [-0.1, -0.05) is 30.3 Å². The molecule has 3 heterocycles. The maximum absolute atomic E-state index is 12.5. The van der Waals surface area contributed by atoms with Crippen LogP contribution >= 0.6 is 11.3 Å². The fourth-order valence-electron chi connectivity index (χ4n) is 4.15. The average molecular weight is 438 g/mol. The van der Waals surface area contributed by atoms with Gasteiger partial charge in [-0.3, -0.25) is 9.59 Å². The predicted octanol–water partition coefficient (Wildman–Crippen LogP) is 3.58. The molecule has 0 radical (unpaired) electrons. The van der Waals surface area contributed by atoms with Gasteiger partial charge in [0.05, 0.1) is 5.39 Å². The fourth-order valence-corrected chi connectivity index (χ4v) is 5.16. The van der Waals surface area contributed by atoms with E-state index in [1.54, 1.807) is 17.7 Å². The first kappa shape index (κ1) is 21.2. The van der Waals surface area contributed by atoms with Gasteiger partial charge in [-0.2, -0.15) is 0 Å². The molecule has 1 fully saturated rings. The van der Waals surface area contributed by atoms with Crippen molar-refractivity contribution in [2.45, 2.75) is 32.6 Å². The Morgan fingerprint density at radius 3 is 2.65 bits per heavy atom. The third-order valence-corrected chi connectivity index (χ3v) is 6.85. The molecule has 1 aliphatic heterocycles. The number of nitrogens with zero attached hydrogens (tertiary/aromatic N) is 3. The van der Waals surface area contributed by atoms with Crippen LogP contribution in [0.15, 0.2) is 36.7 Å². The molecule has 7 nitrogen and oxygen atoms in total. The lowest BCUT2D eigenvalue weighted by atomic mass is 9.96. The largest absolute Gasteiger partial charge is 0.369 e. The van der Waals surface area contributed by atoms with Crippen LogP contribution < -0.4 is 11.1 Å². The topological polar surface area (TPSA) is 101 Å². The Kier molecular flexibility index (Phi) is 6.46. The number of hydrogen-bond acceptors (Lipinski definition) is 6. The van der Waals surface area contributed by atoms with Gasteiger partial charge in [0.1, 0.15) is 17.0 Å². The van der Waals surface area contributed by atoms with E-state index >= 15 is 0 Å². The minimum atomic E-state index is -0.258. The smallest absolute Gasteiger partial charge is 0.222 e. The Labute approximate surface area is 185 Å². The van der Waals surface area contributed by atoms with E-state index in [9.17, 15) is 9.59 Å².